The lowest BCUT2D eigenvalue weighted by atomic mass is 10.0. The summed E-state index contributed by atoms with van der Waals surface area (Å²) in [4.78, 5) is 18.7. The number of methoxy groups -OCH3 is 1. The number of aromatic nitrogens is 1. The molecule has 11 heteroatoms. The van der Waals surface area contributed by atoms with Gasteiger partial charge in [0.05, 0.1) is 35.0 Å². The number of hydrogen-bond acceptors (Lipinski definition) is 8. The molecule has 9 nitrogen and oxygen atoms in total. The highest BCUT2D eigenvalue weighted by Crippen LogP contribution is 2.33. The van der Waals surface area contributed by atoms with Gasteiger partial charge in [-0.2, -0.15) is 14.4 Å². The first-order valence-corrected chi connectivity index (χ1v) is 16.3. The predicted octanol–water partition coefficient (Wildman–Crippen LogP) is 6.34. The van der Waals surface area contributed by atoms with Crippen LogP contribution in [0.3, 0.4) is 0 Å². The Morgan fingerprint density at radius 2 is 1.81 bits per heavy atom. The van der Waals surface area contributed by atoms with E-state index in [4.69, 9.17) is 9.47 Å². The smallest absolute Gasteiger partial charge is 0.280 e. The third-order valence-corrected chi connectivity index (χ3v) is 10.2. The number of anilines is 1. The summed E-state index contributed by atoms with van der Waals surface area (Å²) in [6, 6.07) is 19.0. The number of fused-ring (bicyclic) bond motifs is 1. The Labute approximate surface area is 250 Å². The highest BCUT2D eigenvalue weighted by atomic mass is 32.2. The molecule has 1 fully saturated rings. The average Bonchev–Trinajstić information content (AvgIpc) is 3.45. The number of rotatable bonds is 10. The molecule has 1 atom stereocenters. The molecule has 2 heterocycles. The molecule has 0 saturated carbocycles. The van der Waals surface area contributed by atoms with Gasteiger partial charge in [-0.3, -0.25) is 4.79 Å². The number of hydrazone groups is 1. The lowest BCUT2D eigenvalue weighted by Crippen LogP contribution is -2.43. The van der Waals surface area contributed by atoms with E-state index in [2.05, 4.69) is 10.1 Å². The summed E-state index contributed by atoms with van der Waals surface area (Å²) in [6.07, 6.45) is 5.10. The fraction of sp³-hybridized carbons (Fsp3) is 0.323. The lowest BCUT2D eigenvalue weighted by Gasteiger charge is -2.34. The van der Waals surface area contributed by atoms with Gasteiger partial charge in [0, 0.05) is 18.2 Å². The number of nitrogens with zero attached hydrogens (tertiary/aromatic N) is 4. The summed E-state index contributed by atoms with van der Waals surface area (Å²) in [5.74, 6) is 0.994. The molecule has 1 saturated heterocycles. The van der Waals surface area contributed by atoms with E-state index in [0.717, 1.165) is 41.7 Å². The van der Waals surface area contributed by atoms with Crippen LogP contribution in [0.5, 0.6) is 11.5 Å². The highest BCUT2D eigenvalue weighted by Gasteiger charge is 2.32. The summed E-state index contributed by atoms with van der Waals surface area (Å²) in [6.45, 7) is 5.01. The number of ether oxygens (including phenoxy) is 2. The first-order valence-electron chi connectivity index (χ1n) is 14.0. The van der Waals surface area contributed by atoms with Gasteiger partial charge in [0.25, 0.3) is 5.91 Å². The molecule has 3 aromatic carbocycles. The van der Waals surface area contributed by atoms with Crippen LogP contribution >= 0.6 is 11.3 Å². The molecule has 4 aromatic rings. The van der Waals surface area contributed by atoms with E-state index in [1.807, 2.05) is 56.3 Å². The Bertz CT molecular complexity index is 1670. The Hall–Kier alpha value is -3.80. The van der Waals surface area contributed by atoms with Crippen LogP contribution < -0.4 is 14.5 Å². The molecule has 220 valence electrons. The number of piperidine rings is 1. The van der Waals surface area contributed by atoms with E-state index in [0.29, 0.717) is 35.1 Å². The molecule has 0 N–H and O–H groups in total. The van der Waals surface area contributed by atoms with E-state index >= 15 is 0 Å². The second-order valence-electron chi connectivity index (χ2n) is 9.89. The van der Waals surface area contributed by atoms with Gasteiger partial charge in [-0.15, -0.1) is 0 Å². The fourth-order valence-electron chi connectivity index (χ4n) is 4.97. The van der Waals surface area contributed by atoms with Gasteiger partial charge in [-0.1, -0.05) is 24.7 Å². The number of carbonyl (C=O) groups is 1. The molecule has 1 unspecified atom stereocenters. The molecule has 0 aliphatic carbocycles. The van der Waals surface area contributed by atoms with Crippen molar-refractivity contribution in [1.29, 1.82) is 0 Å². The number of amides is 1. The zero-order valence-corrected chi connectivity index (χ0v) is 25.5. The molecule has 0 radical (unpaired) electrons. The van der Waals surface area contributed by atoms with Crippen molar-refractivity contribution in [3.63, 3.8) is 0 Å². The van der Waals surface area contributed by atoms with Crippen LogP contribution in [0.1, 0.15) is 55.5 Å². The van der Waals surface area contributed by atoms with E-state index in [1.54, 1.807) is 17.6 Å². The van der Waals surface area contributed by atoms with Crippen molar-refractivity contribution in [2.24, 2.45) is 5.10 Å². The van der Waals surface area contributed by atoms with Crippen LogP contribution in [-0.2, 0) is 10.0 Å². The SMILES string of the molecule is CCOc1ccc(/C=N/N(C(=O)c2ccc(S(=O)(=O)N3CCCCC3CC)cc2)c2nc3ccc(OC)cc3s2)cc1. The molecule has 5 rings (SSSR count). The van der Waals surface area contributed by atoms with E-state index in [1.165, 1.54) is 40.6 Å². The van der Waals surface area contributed by atoms with Crippen LogP contribution in [0.25, 0.3) is 10.2 Å². The Kier molecular flexibility index (Phi) is 9.20. The van der Waals surface area contributed by atoms with Crippen LogP contribution in [0.2, 0.25) is 0 Å². The van der Waals surface area contributed by atoms with E-state index < -0.39 is 15.9 Å². The molecule has 0 bridgehead atoms. The molecular weight excluding hydrogens is 572 g/mol. The van der Waals surface area contributed by atoms with E-state index in [9.17, 15) is 13.2 Å². The second-order valence-corrected chi connectivity index (χ2v) is 12.8. The van der Waals surface area contributed by atoms with Gasteiger partial charge in [0.15, 0.2) is 0 Å². The van der Waals surface area contributed by atoms with Crippen molar-refractivity contribution in [2.45, 2.75) is 50.5 Å². The minimum atomic E-state index is -3.67. The number of sulfonamides is 1. The Balaban J connectivity index is 1.46. The van der Waals surface area contributed by atoms with Crippen molar-refractivity contribution in [3.05, 3.63) is 77.9 Å². The van der Waals surface area contributed by atoms with Crippen molar-refractivity contribution >= 4 is 48.8 Å². The van der Waals surface area contributed by atoms with Crippen molar-refractivity contribution in [3.8, 4) is 11.5 Å². The van der Waals surface area contributed by atoms with Crippen LogP contribution in [0.4, 0.5) is 5.13 Å². The standard InChI is InChI=1S/C31H34N4O5S2/c1-4-24-8-6-7-19-34(24)42(37,38)27-16-11-23(12-17-27)30(36)35(32-21-22-9-13-25(14-10-22)40-5-2)31-33-28-18-15-26(39-3)20-29(28)41-31/h9-18,20-21,24H,4-8,19H2,1-3H3/b32-21+. The zero-order valence-electron chi connectivity index (χ0n) is 23.9. The maximum absolute atomic E-state index is 13.8. The Morgan fingerprint density at radius 3 is 2.50 bits per heavy atom. The van der Waals surface area contributed by atoms with Crippen LogP contribution in [0.15, 0.2) is 76.7 Å². The predicted molar refractivity (Wildman–Crippen MR) is 166 cm³/mol. The molecule has 1 aliphatic rings. The third-order valence-electron chi connectivity index (χ3n) is 7.22. The molecule has 42 heavy (non-hydrogen) atoms. The molecule has 1 aromatic heterocycles. The Morgan fingerprint density at radius 1 is 1.07 bits per heavy atom. The monoisotopic (exact) mass is 606 g/mol. The summed E-state index contributed by atoms with van der Waals surface area (Å²) in [5.41, 5.74) is 1.77. The number of hydrogen-bond donors (Lipinski definition) is 0. The summed E-state index contributed by atoms with van der Waals surface area (Å²) < 4.78 is 40.2. The van der Waals surface area contributed by atoms with Gasteiger partial charge in [0.2, 0.25) is 15.2 Å². The maximum atomic E-state index is 13.8. The topological polar surface area (TPSA) is 101 Å². The second kappa shape index (κ2) is 13.0. The quantitative estimate of drug-likeness (QED) is 0.154. The fourth-order valence-corrected chi connectivity index (χ4v) is 7.68. The van der Waals surface area contributed by atoms with Crippen LogP contribution in [0, 0.1) is 0 Å². The van der Waals surface area contributed by atoms with Gasteiger partial charge >= 0.3 is 0 Å². The van der Waals surface area contributed by atoms with Crippen LogP contribution in [-0.4, -0.2) is 56.1 Å². The van der Waals surface area contributed by atoms with Crippen molar-refractivity contribution in [1.82, 2.24) is 9.29 Å². The first kappa shape index (κ1) is 29.7. The van der Waals surface area contributed by atoms with Crippen molar-refractivity contribution in [2.75, 3.05) is 25.3 Å². The highest BCUT2D eigenvalue weighted by molar-refractivity contribution is 7.89. The number of carbonyl (C=O) groups excluding carboxylic acids is 1. The van der Waals surface area contributed by atoms with Gasteiger partial charge in [-0.05, 0) is 98.5 Å². The minimum Gasteiger partial charge on any atom is -0.497 e. The molecular formula is C31H34N4O5S2. The third kappa shape index (κ3) is 6.33. The number of benzene rings is 3. The summed E-state index contributed by atoms with van der Waals surface area (Å²) in [7, 11) is -2.07. The largest absolute Gasteiger partial charge is 0.497 e. The van der Waals surface area contributed by atoms with Gasteiger partial charge < -0.3 is 9.47 Å². The van der Waals surface area contributed by atoms with Gasteiger partial charge in [-0.25, -0.2) is 13.4 Å². The number of thiazole rings is 1. The summed E-state index contributed by atoms with van der Waals surface area (Å²) in [5, 5.41) is 6.15. The average molecular weight is 607 g/mol. The molecule has 1 aliphatic heterocycles. The first-order chi connectivity index (χ1) is 20.3. The van der Waals surface area contributed by atoms with Crippen molar-refractivity contribution < 1.29 is 22.7 Å². The molecule has 0 spiro atoms. The zero-order chi connectivity index (χ0) is 29.7. The van der Waals surface area contributed by atoms with E-state index in [-0.39, 0.29) is 10.9 Å². The normalized spacial score (nSPS) is 16.1. The maximum Gasteiger partial charge on any atom is 0.280 e. The summed E-state index contributed by atoms with van der Waals surface area (Å²) >= 11 is 1.31. The van der Waals surface area contributed by atoms with Gasteiger partial charge in [0.1, 0.15) is 11.5 Å². The lowest BCUT2D eigenvalue weighted by molar-refractivity contribution is 0.0987. The minimum absolute atomic E-state index is 0.00449. The molecule has 1 amide bonds.